The largest absolute Gasteiger partial charge is 0.369 e. The van der Waals surface area contributed by atoms with Gasteiger partial charge in [-0.05, 0) is 54.7 Å². The summed E-state index contributed by atoms with van der Waals surface area (Å²) in [6, 6.07) is 16.2. The minimum absolute atomic E-state index is 0.100. The van der Waals surface area contributed by atoms with E-state index in [-0.39, 0.29) is 24.4 Å². The van der Waals surface area contributed by atoms with Gasteiger partial charge < -0.3 is 4.90 Å². The highest BCUT2D eigenvalue weighted by molar-refractivity contribution is 7.89. The van der Waals surface area contributed by atoms with Crippen LogP contribution in [-0.2, 0) is 14.8 Å². The van der Waals surface area contributed by atoms with Crippen LogP contribution in [0.1, 0.15) is 19.3 Å². The number of hydrogen-bond acceptors (Lipinski definition) is 6. The highest BCUT2D eigenvalue weighted by Crippen LogP contribution is 2.30. The van der Waals surface area contributed by atoms with Crippen molar-refractivity contribution < 1.29 is 18.4 Å². The Morgan fingerprint density at radius 2 is 1.50 bits per heavy atom. The van der Waals surface area contributed by atoms with Gasteiger partial charge in [0.25, 0.3) is 5.91 Å². The Bertz CT molecular complexity index is 1170. The Labute approximate surface area is 200 Å². The maximum absolute atomic E-state index is 13.0. The van der Waals surface area contributed by atoms with Crippen LogP contribution in [0, 0.1) is 0 Å². The van der Waals surface area contributed by atoms with Gasteiger partial charge in [-0.15, -0.1) is 0 Å². The summed E-state index contributed by atoms with van der Waals surface area (Å²) in [5.41, 5.74) is 5.21. The van der Waals surface area contributed by atoms with Gasteiger partial charge in [-0.1, -0.05) is 30.3 Å². The van der Waals surface area contributed by atoms with Crippen LogP contribution < -0.4 is 10.4 Å². The number of carbonyl (C=O) groups is 1. The second kappa shape index (κ2) is 9.50. The van der Waals surface area contributed by atoms with Crippen molar-refractivity contribution >= 4 is 21.6 Å². The number of nitrogens with one attached hydrogen (secondary N) is 1. The fraction of sp³-hybridized carbons (Fsp3) is 0.400. The van der Waals surface area contributed by atoms with Crippen molar-refractivity contribution in [2.24, 2.45) is 0 Å². The molecule has 1 amide bonds. The average molecular weight is 483 g/mol. The summed E-state index contributed by atoms with van der Waals surface area (Å²) >= 11 is 0. The minimum Gasteiger partial charge on any atom is -0.369 e. The summed E-state index contributed by atoms with van der Waals surface area (Å²) in [6.07, 6.45) is 4.50. The zero-order chi connectivity index (χ0) is 23.7. The predicted octanol–water partition coefficient (Wildman–Crippen LogP) is 2.46. The average Bonchev–Trinajstić information content (AvgIpc) is 3.74. The Morgan fingerprint density at radius 3 is 2.03 bits per heavy atom. The van der Waals surface area contributed by atoms with Crippen molar-refractivity contribution in [3.05, 3.63) is 60.2 Å². The number of amides is 1. The monoisotopic (exact) mass is 482 g/mol. The Balaban J connectivity index is 1.23. The van der Waals surface area contributed by atoms with Gasteiger partial charge in [-0.25, -0.2) is 13.9 Å². The first-order chi connectivity index (χ1) is 16.5. The molecule has 2 aromatic rings. The summed E-state index contributed by atoms with van der Waals surface area (Å²) in [4.78, 5) is 16.8. The third-order valence-corrected chi connectivity index (χ3v) is 8.88. The van der Waals surface area contributed by atoms with E-state index < -0.39 is 15.9 Å². The van der Waals surface area contributed by atoms with Crippen molar-refractivity contribution in [3.8, 4) is 11.1 Å². The number of piperazine rings is 1. The molecule has 1 saturated heterocycles. The van der Waals surface area contributed by atoms with E-state index in [4.69, 9.17) is 5.21 Å². The predicted molar refractivity (Wildman–Crippen MR) is 130 cm³/mol. The lowest BCUT2D eigenvalue weighted by atomic mass is 10.1. The summed E-state index contributed by atoms with van der Waals surface area (Å²) in [5.74, 6) is -0.590. The molecule has 180 valence electrons. The number of rotatable bonds is 6. The molecule has 0 unspecified atom stereocenters. The molecule has 2 aromatic carbocycles. The number of benzene rings is 2. The standard InChI is InChI=1S/C25H30N4O4S/c30-25(26-31)21-11-13-29(14-12-21)34(32,33)24-9-3-20(4-10-24)19-1-5-22(6-2-19)27-15-17-28(18-16-27)23-7-8-23/h1-6,9-11,23,31H,7-8,12-18H2,(H,26,30). The molecule has 0 bridgehead atoms. The second-order valence-electron chi connectivity index (χ2n) is 9.11. The number of anilines is 1. The van der Waals surface area contributed by atoms with E-state index in [2.05, 4.69) is 34.1 Å². The van der Waals surface area contributed by atoms with Crippen LogP contribution in [0.4, 0.5) is 5.69 Å². The van der Waals surface area contributed by atoms with E-state index in [9.17, 15) is 13.2 Å². The van der Waals surface area contributed by atoms with E-state index in [0.29, 0.717) is 5.57 Å². The van der Waals surface area contributed by atoms with E-state index >= 15 is 0 Å². The summed E-state index contributed by atoms with van der Waals surface area (Å²) in [5, 5.41) is 8.75. The molecule has 34 heavy (non-hydrogen) atoms. The van der Waals surface area contributed by atoms with Crippen LogP contribution in [0.5, 0.6) is 0 Å². The molecule has 1 aliphatic carbocycles. The normalized spacial score (nSPS) is 20.1. The second-order valence-corrected chi connectivity index (χ2v) is 11.0. The Hall–Kier alpha value is -2.72. The third-order valence-electron chi connectivity index (χ3n) is 7.00. The third kappa shape index (κ3) is 4.74. The first kappa shape index (κ1) is 23.0. The quantitative estimate of drug-likeness (QED) is 0.485. The van der Waals surface area contributed by atoms with E-state index in [1.165, 1.54) is 28.9 Å². The first-order valence-electron chi connectivity index (χ1n) is 11.8. The maximum atomic E-state index is 13.0. The lowest BCUT2D eigenvalue weighted by Gasteiger charge is -2.36. The van der Waals surface area contributed by atoms with Gasteiger partial charge in [-0.2, -0.15) is 4.31 Å². The fourth-order valence-corrected chi connectivity index (χ4v) is 6.15. The van der Waals surface area contributed by atoms with Crippen LogP contribution in [0.15, 0.2) is 65.1 Å². The SMILES string of the molecule is O=C(NO)C1=CCN(S(=O)(=O)c2ccc(-c3ccc(N4CCN(C5CC5)CC4)cc3)cc2)CC1. The Kier molecular flexibility index (Phi) is 6.44. The number of hydroxylamine groups is 1. The molecule has 8 nitrogen and oxygen atoms in total. The molecule has 0 aromatic heterocycles. The number of nitrogens with zero attached hydrogens (tertiary/aromatic N) is 3. The zero-order valence-electron chi connectivity index (χ0n) is 19.1. The molecule has 3 aliphatic rings. The van der Waals surface area contributed by atoms with Crippen molar-refractivity contribution in [1.29, 1.82) is 0 Å². The van der Waals surface area contributed by atoms with Gasteiger partial charge in [0.1, 0.15) is 0 Å². The van der Waals surface area contributed by atoms with Crippen LogP contribution in [0.3, 0.4) is 0 Å². The van der Waals surface area contributed by atoms with Crippen molar-refractivity contribution in [1.82, 2.24) is 14.7 Å². The molecule has 0 atom stereocenters. The highest BCUT2D eigenvalue weighted by atomic mass is 32.2. The van der Waals surface area contributed by atoms with Crippen molar-refractivity contribution in [2.45, 2.75) is 30.2 Å². The zero-order valence-corrected chi connectivity index (χ0v) is 19.9. The lowest BCUT2D eigenvalue weighted by molar-refractivity contribution is -0.125. The van der Waals surface area contributed by atoms with E-state index in [0.717, 1.165) is 43.3 Å². The van der Waals surface area contributed by atoms with Gasteiger partial charge in [0.05, 0.1) is 4.90 Å². The first-order valence-corrected chi connectivity index (χ1v) is 13.2. The minimum atomic E-state index is -3.66. The molecule has 0 spiro atoms. The summed E-state index contributed by atoms with van der Waals surface area (Å²) in [7, 11) is -3.66. The molecule has 1 saturated carbocycles. The molecule has 2 fully saturated rings. The van der Waals surface area contributed by atoms with Crippen LogP contribution >= 0.6 is 0 Å². The Morgan fingerprint density at radius 1 is 0.882 bits per heavy atom. The molecular weight excluding hydrogens is 452 g/mol. The maximum Gasteiger partial charge on any atom is 0.270 e. The number of hydrogen-bond donors (Lipinski definition) is 2. The van der Waals surface area contributed by atoms with Gasteiger partial charge in [0.15, 0.2) is 0 Å². The van der Waals surface area contributed by atoms with E-state index in [1.54, 1.807) is 17.6 Å². The summed E-state index contributed by atoms with van der Waals surface area (Å²) in [6.45, 7) is 4.67. The smallest absolute Gasteiger partial charge is 0.270 e. The van der Waals surface area contributed by atoms with Crippen molar-refractivity contribution in [2.75, 3.05) is 44.2 Å². The molecule has 2 heterocycles. The van der Waals surface area contributed by atoms with Gasteiger partial charge in [-0.3, -0.25) is 14.9 Å². The highest BCUT2D eigenvalue weighted by Gasteiger charge is 2.31. The molecule has 2 N–H and O–H groups in total. The molecular formula is C25H30N4O4S. The van der Waals surface area contributed by atoms with Crippen LogP contribution in [0.25, 0.3) is 11.1 Å². The van der Waals surface area contributed by atoms with Gasteiger partial charge >= 0.3 is 0 Å². The van der Waals surface area contributed by atoms with Crippen molar-refractivity contribution in [3.63, 3.8) is 0 Å². The van der Waals surface area contributed by atoms with Crippen LogP contribution in [-0.4, -0.2) is 74.0 Å². The molecule has 5 rings (SSSR count). The fourth-order valence-electron chi connectivity index (χ4n) is 4.76. The number of carbonyl (C=O) groups excluding carboxylic acids is 1. The topological polar surface area (TPSA) is 93.2 Å². The molecule has 0 radical (unpaired) electrons. The number of sulfonamides is 1. The van der Waals surface area contributed by atoms with Gasteiger partial charge in [0.2, 0.25) is 10.0 Å². The molecule has 2 aliphatic heterocycles. The lowest BCUT2D eigenvalue weighted by Crippen LogP contribution is -2.47. The van der Waals surface area contributed by atoms with Crippen LogP contribution in [0.2, 0.25) is 0 Å². The van der Waals surface area contributed by atoms with Gasteiger partial charge in [0, 0.05) is 56.6 Å². The summed E-state index contributed by atoms with van der Waals surface area (Å²) < 4.78 is 27.4. The molecule has 9 heteroatoms. The van der Waals surface area contributed by atoms with E-state index in [1.807, 2.05) is 12.1 Å².